The lowest BCUT2D eigenvalue weighted by Gasteiger charge is -2.71. The highest BCUT2D eigenvalue weighted by Crippen LogP contribution is 2.76. The fraction of sp³-hybridized carbons (Fsp3) is 0.925. The Balaban J connectivity index is 0.970. The Hall–Kier alpha value is -2.08. The van der Waals surface area contributed by atoms with Gasteiger partial charge >= 0.3 is 11.9 Å². The minimum atomic E-state index is -2.03. The van der Waals surface area contributed by atoms with Crippen molar-refractivity contribution in [3.05, 3.63) is 11.6 Å². The molecular formula is C53H84O23. The molecule has 27 atom stereocenters. The van der Waals surface area contributed by atoms with Gasteiger partial charge in [-0.3, -0.25) is 4.79 Å². The molecular weight excluding hydrogens is 1000 g/mol. The molecule has 0 radical (unpaired) electrons. The fourth-order valence-electron chi connectivity index (χ4n) is 16.3. The van der Waals surface area contributed by atoms with Crippen LogP contribution in [0, 0.1) is 50.2 Å². The molecule has 76 heavy (non-hydrogen) atoms. The summed E-state index contributed by atoms with van der Waals surface area (Å²) in [4.78, 5) is 27.9. The van der Waals surface area contributed by atoms with Crippen LogP contribution < -0.4 is 0 Å². The third-order valence-corrected chi connectivity index (χ3v) is 21.0. The van der Waals surface area contributed by atoms with Gasteiger partial charge in [0.05, 0.1) is 31.3 Å². The van der Waals surface area contributed by atoms with Crippen LogP contribution in [-0.4, -0.2) is 221 Å². The van der Waals surface area contributed by atoms with Gasteiger partial charge in [-0.05, 0) is 109 Å². The van der Waals surface area contributed by atoms with Crippen molar-refractivity contribution in [3.8, 4) is 0 Å². The Bertz CT molecular complexity index is 2140. The maximum absolute atomic E-state index is 14.8. The van der Waals surface area contributed by atoms with E-state index in [0.29, 0.717) is 38.5 Å². The maximum Gasteiger partial charge on any atom is 0.335 e. The highest BCUT2D eigenvalue weighted by atomic mass is 16.8. The molecule has 0 amide bonds. The molecule has 4 heterocycles. The number of aliphatic hydroxyl groups is 12. The second kappa shape index (κ2) is 21.0. The zero-order valence-electron chi connectivity index (χ0n) is 44.4. The highest BCUT2D eigenvalue weighted by Gasteiger charge is 2.70. The topological polar surface area (TPSA) is 371 Å². The summed E-state index contributed by atoms with van der Waals surface area (Å²) in [7, 11) is 0. The van der Waals surface area contributed by atoms with E-state index >= 15 is 0 Å². The van der Waals surface area contributed by atoms with E-state index in [1.807, 2.05) is 0 Å². The standard InChI is InChI=1S/C53H84O23/c1-48(2)14-16-53(47(68)76-45-37(64)34(61)31(58)25(20-55)71-45)17-15-51(6)22(23(53)18-48)8-9-28-50(5)12-11-29(49(3,4)27(50)10-13-52(28,51)7)72-46-38(65)39(73-44-36(63)33(60)30(57)24(19-54)69-44)40(41(75-46)42(66)67)74-43-35(62)32(59)26(21-56)70-43/h8,23-41,43-46,54-65H,9-21H2,1-7H3,(H,66,67)/t23-,24+,25+,26-,27-,28+,29-,30+,31+,32-,33-,34-,35+,36+,37+,38+,39+,40-,41-,43-,44-,45-,46+,50-,51+,52+,53-/m0/s1. The van der Waals surface area contributed by atoms with Crippen LogP contribution >= 0.6 is 0 Å². The molecule has 23 heteroatoms. The van der Waals surface area contributed by atoms with Crippen LogP contribution in [0.25, 0.3) is 0 Å². The molecule has 434 valence electrons. The van der Waals surface area contributed by atoms with Crippen molar-refractivity contribution in [2.24, 2.45) is 50.2 Å². The lowest BCUT2D eigenvalue weighted by molar-refractivity contribution is -0.378. The number of allylic oxidation sites excluding steroid dienone is 2. The number of carboxylic acids is 1. The number of carbonyl (C=O) groups is 2. The molecule has 0 aromatic rings. The first-order valence-electron chi connectivity index (χ1n) is 27.2. The molecule has 9 aliphatic rings. The molecule has 23 nitrogen and oxygen atoms in total. The van der Waals surface area contributed by atoms with Crippen molar-refractivity contribution in [2.45, 2.75) is 235 Å². The van der Waals surface area contributed by atoms with Crippen molar-refractivity contribution in [1.82, 2.24) is 0 Å². The average molecular weight is 1090 g/mol. The second-order valence-corrected chi connectivity index (χ2v) is 25.8. The number of carbonyl (C=O) groups excluding carboxylic acids is 1. The predicted molar refractivity (Wildman–Crippen MR) is 257 cm³/mol. The summed E-state index contributed by atoms with van der Waals surface area (Å²) in [6.07, 6.45) is -24.5. The fourth-order valence-corrected chi connectivity index (χ4v) is 16.3. The quantitative estimate of drug-likeness (QED) is 0.0613. The molecule has 8 fully saturated rings. The number of ether oxygens (including phenoxy) is 8. The number of hydrogen-bond donors (Lipinski definition) is 13. The van der Waals surface area contributed by atoms with Gasteiger partial charge in [0.1, 0.15) is 85.5 Å². The van der Waals surface area contributed by atoms with Crippen LogP contribution in [0.1, 0.15) is 113 Å². The van der Waals surface area contributed by atoms with Crippen LogP contribution in [0.15, 0.2) is 11.6 Å². The molecule has 5 aliphatic carbocycles. The molecule has 13 N–H and O–H groups in total. The van der Waals surface area contributed by atoms with E-state index in [1.165, 1.54) is 5.57 Å². The Labute approximate surface area is 442 Å². The summed E-state index contributed by atoms with van der Waals surface area (Å²) in [6.45, 7) is 13.5. The minimum absolute atomic E-state index is 0.0281. The van der Waals surface area contributed by atoms with Gasteiger partial charge < -0.3 is 104 Å². The summed E-state index contributed by atoms with van der Waals surface area (Å²) in [5, 5.41) is 138. The molecule has 0 spiro atoms. The molecule has 4 saturated heterocycles. The van der Waals surface area contributed by atoms with Crippen LogP contribution in [0.5, 0.6) is 0 Å². The minimum Gasteiger partial charge on any atom is -0.479 e. The molecule has 9 rings (SSSR count). The van der Waals surface area contributed by atoms with E-state index in [0.717, 1.165) is 25.7 Å². The molecule has 0 aromatic heterocycles. The lowest BCUT2D eigenvalue weighted by atomic mass is 9.33. The van der Waals surface area contributed by atoms with Gasteiger partial charge in [0, 0.05) is 0 Å². The predicted octanol–water partition coefficient (Wildman–Crippen LogP) is -1.30. The van der Waals surface area contributed by atoms with E-state index < -0.39 is 165 Å². The molecule has 4 saturated carbocycles. The van der Waals surface area contributed by atoms with Crippen molar-refractivity contribution in [3.63, 3.8) is 0 Å². The smallest absolute Gasteiger partial charge is 0.335 e. The Morgan fingerprint density at radius 2 is 1.08 bits per heavy atom. The first kappa shape index (κ1) is 58.6. The van der Waals surface area contributed by atoms with Crippen LogP contribution in [0.3, 0.4) is 0 Å². The summed E-state index contributed by atoms with van der Waals surface area (Å²) in [5.41, 5.74) is -1.33. The summed E-state index contributed by atoms with van der Waals surface area (Å²) in [6, 6.07) is 0. The summed E-state index contributed by atoms with van der Waals surface area (Å²) >= 11 is 0. The number of aliphatic carboxylic acids is 1. The monoisotopic (exact) mass is 1090 g/mol. The van der Waals surface area contributed by atoms with Gasteiger partial charge in [-0.2, -0.15) is 0 Å². The number of esters is 1. The van der Waals surface area contributed by atoms with E-state index in [-0.39, 0.29) is 39.4 Å². The van der Waals surface area contributed by atoms with Crippen LogP contribution in [0.2, 0.25) is 0 Å². The zero-order chi connectivity index (χ0) is 55.6. The van der Waals surface area contributed by atoms with Gasteiger partial charge in [0.15, 0.2) is 25.0 Å². The van der Waals surface area contributed by atoms with E-state index in [9.17, 15) is 76.0 Å². The number of aliphatic hydroxyl groups excluding tert-OH is 12. The van der Waals surface area contributed by atoms with Crippen molar-refractivity contribution in [2.75, 3.05) is 19.8 Å². The third-order valence-electron chi connectivity index (χ3n) is 21.0. The number of rotatable bonds is 12. The highest BCUT2D eigenvalue weighted by molar-refractivity contribution is 5.79. The SMILES string of the molecule is CC1(C)CC[C@]2(C(=O)O[C@@H]3O[C@H](CO)[C@@H](O)[C@H](O)[C@H]3O)CC[C@]3(C)C(=CC[C@@H]4[C@@]5(C)CC[C@H](O[C@@H]6O[C@H](C(=O)O)[C@@H](O[C@@H]7O[C@@H](CO)[C@H](O)[C@H]7O)[C@H](O[C@@H]7O[C@H](CO)[C@@H](O)[C@H](O)[C@H]7O)[C@H]6O)C(C)(C)[C@@H]5CC[C@]43C)[C@@H]2C1. The van der Waals surface area contributed by atoms with E-state index in [1.54, 1.807) is 0 Å². The van der Waals surface area contributed by atoms with Crippen molar-refractivity contribution < 1.29 is 114 Å². The average Bonchev–Trinajstić information content (AvgIpc) is 3.66. The molecule has 4 aliphatic heterocycles. The number of carboxylic acid groups (broad SMARTS) is 1. The Morgan fingerprint density at radius 1 is 0.566 bits per heavy atom. The largest absolute Gasteiger partial charge is 0.479 e. The zero-order valence-corrected chi connectivity index (χ0v) is 44.4. The number of hydrogen-bond acceptors (Lipinski definition) is 22. The molecule has 0 unspecified atom stereocenters. The van der Waals surface area contributed by atoms with E-state index in [2.05, 4.69) is 54.5 Å². The van der Waals surface area contributed by atoms with Crippen LogP contribution in [0.4, 0.5) is 0 Å². The first-order valence-corrected chi connectivity index (χ1v) is 27.2. The van der Waals surface area contributed by atoms with Crippen molar-refractivity contribution >= 4 is 11.9 Å². The van der Waals surface area contributed by atoms with Gasteiger partial charge in [0.2, 0.25) is 6.29 Å². The van der Waals surface area contributed by atoms with Crippen LogP contribution in [-0.2, 0) is 47.5 Å². The van der Waals surface area contributed by atoms with Gasteiger partial charge in [-0.25, -0.2) is 4.79 Å². The van der Waals surface area contributed by atoms with Gasteiger partial charge in [-0.15, -0.1) is 0 Å². The Morgan fingerprint density at radius 3 is 1.66 bits per heavy atom. The number of fused-ring (bicyclic) bond motifs is 7. The Kier molecular flexibility index (Phi) is 16.2. The summed E-state index contributed by atoms with van der Waals surface area (Å²) in [5.74, 6) is -2.16. The third kappa shape index (κ3) is 9.33. The summed E-state index contributed by atoms with van der Waals surface area (Å²) < 4.78 is 47.6. The molecule has 0 bridgehead atoms. The van der Waals surface area contributed by atoms with E-state index in [4.69, 9.17) is 37.9 Å². The van der Waals surface area contributed by atoms with Gasteiger partial charge in [0.25, 0.3) is 0 Å². The maximum atomic E-state index is 14.8. The van der Waals surface area contributed by atoms with Gasteiger partial charge in [-0.1, -0.05) is 60.1 Å². The lowest BCUT2D eigenvalue weighted by Crippen LogP contribution is -2.68. The first-order chi connectivity index (χ1) is 35.5. The normalized spacial score (nSPS) is 52.8. The van der Waals surface area contributed by atoms with Crippen molar-refractivity contribution in [1.29, 1.82) is 0 Å². The molecule has 0 aromatic carbocycles. The second-order valence-electron chi connectivity index (χ2n) is 25.8.